The van der Waals surface area contributed by atoms with Gasteiger partial charge in [-0.1, -0.05) is 30.3 Å². The van der Waals surface area contributed by atoms with Gasteiger partial charge in [0, 0.05) is 6.54 Å². The van der Waals surface area contributed by atoms with Gasteiger partial charge in [0.15, 0.2) is 9.84 Å². The quantitative estimate of drug-likeness (QED) is 0.814. The van der Waals surface area contributed by atoms with E-state index in [1.54, 1.807) is 12.1 Å². The van der Waals surface area contributed by atoms with Crippen molar-refractivity contribution in [1.29, 1.82) is 0 Å². The summed E-state index contributed by atoms with van der Waals surface area (Å²) in [6.45, 7) is 0.867. The van der Waals surface area contributed by atoms with Crippen LogP contribution in [-0.4, -0.2) is 44.1 Å². The number of benzene rings is 1. The smallest absolute Gasteiger partial charge is 0.312 e. The average molecular weight is 297 g/mol. The number of nitrogens with one attached hydrogen (secondary N) is 1. The molecule has 0 spiro atoms. The number of rotatable bonds is 6. The predicted molar refractivity (Wildman–Crippen MR) is 76.4 cm³/mol. The van der Waals surface area contributed by atoms with Gasteiger partial charge in [0.1, 0.15) is 0 Å². The molecule has 0 radical (unpaired) electrons. The molecule has 2 atom stereocenters. The van der Waals surface area contributed by atoms with Crippen molar-refractivity contribution in [2.45, 2.75) is 12.3 Å². The van der Waals surface area contributed by atoms with Crippen LogP contribution in [0.3, 0.4) is 0 Å². The first-order chi connectivity index (χ1) is 9.48. The average Bonchev–Trinajstić information content (AvgIpc) is 2.75. The van der Waals surface area contributed by atoms with E-state index in [0.29, 0.717) is 19.5 Å². The zero-order chi connectivity index (χ0) is 14.6. The second kappa shape index (κ2) is 6.37. The summed E-state index contributed by atoms with van der Waals surface area (Å²) in [7, 11) is -2.87. The minimum absolute atomic E-state index is 0.102. The zero-order valence-corrected chi connectivity index (χ0v) is 12.0. The number of hydrogen-bond donors (Lipinski definition) is 2. The van der Waals surface area contributed by atoms with Gasteiger partial charge < -0.3 is 10.4 Å². The van der Waals surface area contributed by atoms with Crippen molar-refractivity contribution in [2.24, 2.45) is 5.92 Å². The SMILES string of the molecule is O=C(O)C(CNCC1CCS(=O)(=O)C1)c1ccccc1. The van der Waals surface area contributed by atoms with Gasteiger partial charge in [-0.2, -0.15) is 0 Å². The molecule has 1 aromatic carbocycles. The van der Waals surface area contributed by atoms with E-state index in [1.165, 1.54) is 0 Å². The molecule has 1 aliphatic rings. The highest BCUT2D eigenvalue weighted by Gasteiger charge is 2.28. The first kappa shape index (κ1) is 15.0. The van der Waals surface area contributed by atoms with Crippen LogP contribution in [0.15, 0.2) is 30.3 Å². The number of sulfone groups is 1. The Balaban J connectivity index is 1.86. The normalized spacial score (nSPS) is 22.5. The lowest BCUT2D eigenvalue weighted by Gasteiger charge is -2.15. The first-order valence-corrected chi connectivity index (χ1v) is 8.49. The topological polar surface area (TPSA) is 83.5 Å². The molecular weight excluding hydrogens is 278 g/mol. The molecular formula is C14H19NO4S. The third-order valence-electron chi connectivity index (χ3n) is 3.61. The maximum Gasteiger partial charge on any atom is 0.312 e. The van der Waals surface area contributed by atoms with Crippen LogP contribution in [0.25, 0.3) is 0 Å². The van der Waals surface area contributed by atoms with E-state index in [2.05, 4.69) is 5.32 Å². The van der Waals surface area contributed by atoms with Crippen molar-refractivity contribution < 1.29 is 18.3 Å². The minimum atomic E-state index is -2.87. The molecule has 0 bridgehead atoms. The van der Waals surface area contributed by atoms with Gasteiger partial charge in [-0.15, -0.1) is 0 Å². The number of carboxylic acids is 1. The molecule has 0 saturated carbocycles. The van der Waals surface area contributed by atoms with E-state index >= 15 is 0 Å². The van der Waals surface area contributed by atoms with E-state index in [9.17, 15) is 18.3 Å². The highest BCUT2D eigenvalue weighted by atomic mass is 32.2. The number of carbonyl (C=O) groups is 1. The maximum absolute atomic E-state index is 11.3. The minimum Gasteiger partial charge on any atom is -0.481 e. The van der Waals surface area contributed by atoms with Crippen LogP contribution in [0.5, 0.6) is 0 Å². The molecule has 2 unspecified atom stereocenters. The molecule has 0 aromatic heterocycles. The monoisotopic (exact) mass is 297 g/mol. The van der Waals surface area contributed by atoms with Gasteiger partial charge in [0.2, 0.25) is 0 Å². The van der Waals surface area contributed by atoms with Crippen LogP contribution < -0.4 is 5.32 Å². The largest absolute Gasteiger partial charge is 0.481 e. The van der Waals surface area contributed by atoms with Crippen LogP contribution in [0.4, 0.5) is 0 Å². The number of hydrogen-bond acceptors (Lipinski definition) is 4. The third kappa shape index (κ3) is 4.05. The van der Waals surface area contributed by atoms with Crippen molar-refractivity contribution in [3.63, 3.8) is 0 Å². The Hall–Kier alpha value is -1.40. The Morgan fingerprint density at radius 3 is 2.60 bits per heavy atom. The molecule has 1 fully saturated rings. The summed E-state index contributed by atoms with van der Waals surface area (Å²) in [4.78, 5) is 11.3. The molecule has 2 N–H and O–H groups in total. The van der Waals surface area contributed by atoms with Crippen LogP contribution in [-0.2, 0) is 14.6 Å². The Bertz CT molecular complexity index is 556. The van der Waals surface area contributed by atoms with Crippen molar-refractivity contribution in [3.05, 3.63) is 35.9 Å². The maximum atomic E-state index is 11.3. The summed E-state index contributed by atoms with van der Waals surface area (Å²) < 4.78 is 22.7. The van der Waals surface area contributed by atoms with Gasteiger partial charge >= 0.3 is 5.97 Å². The summed E-state index contributed by atoms with van der Waals surface area (Å²) in [6, 6.07) is 9.06. The van der Waals surface area contributed by atoms with Crippen LogP contribution >= 0.6 is 0 Å². The molecule has 1 aromatic rings. The molecule has 5 nitrogen and oxygen atoms in total. The first-order valence-electron chi connectivity index (χ1n) is 6.67. The van der Waals surface area contributed by atoms with E-state index in [0.717, 1.165) is 5.56 Å². The van der Waals surface area contributed by atoms with Crippen LogP contribution in [0, 0.1) is 5.92 Å². The zero-order valence-electron chi connectivity index (χ0n) is 11.2. The van der Waals surface area contributed by atoms with Crippen molar-refractivity contribution in [1.82, 2.24) is 5.32 Å². The van der Waals surface area contributed by atoms with Crippen molar-refractivity contribution in [2.75, 3.05) is 24.6 Å². The van der Waals surface area contributed by atoms with Crippen LogP contribution in [0.1, 0.15) is 17.9 Å². The van der Waals surface area contributed by atoms with E-state index < -0.39 is 21.7 Å². The fourth-order valence-electron chi connectivity index (χ4n) is 2.50. The lowest BCUT2D eigenvalue weighted by atomic mass is 9.99. The number of aliphatic carboxylic acids is 1. The van der Waals surface area contributed by atoms with Crippen LogP contribution in [0.2, 0.25) is 0 Å². The van der Waals surface area contributed by atoms with E-state index in [4.69, 9.17) is 0 Å². The summed E-state index contributed by atoms with van der Waals surface area (Å²) >= 11 is 0. The summed E-state index contributed by atoms with van der Waals surface area (Å²) in [6.07, 6.45) is 0.665. The second-order valence-electron chi connectivity index (χ2n) is 5.23. The molecule has 2 rings (SSSR count). The third-order valence-corrected chi connectivity index (χ3v) is 5.45. The van der Waals surface area contributed by atoms with Crippen molar-refractivity contribution in [3.8, 4) is 0 Å². The molecule has 20 heavy (non-hydrogen) atoms. The molecule has 6 heteroatoms. The summed E-state index contributed by atoms with van der Waals surface area (Å²) in [5, 5.41) is 12.4. The Morgan fingerprint density at radius 2 is 2.05 bits per heavy atom. The van der Waals surface area contributed by atoms with Gasteiger partial charge in [0.05, 0.1) is 17.4 Å². The summed E-state index contributed by atoms with van der Waals surface area (Å²) in [5.41, 5.74) is 0.756. The molecule has 1 saturated heterocycles. The number of carboxylic acid groups (broad SMARTS) is 1. The Labute approximate surface area is 118 Å². The predicted octanol–water partition coefficient (Wildman–Crippen LogP) is 0.879. The molecule has 1 aliphatic heterocycles. The lowest BCUT2D eigenvalue weighted by molar-refractivity contribution is -0.138. The van der Waals surface area contributed by atoms with E-state index in [-0.39, 0.29) is 17.4 Å². The van der Waals surface area contributed by atoms with Gasteiger partial charge in [0.25, 0.3) is 0 Å². The lowest BCUT2D eigenvalue weighted by Crippen LogP contribution is -2.31. The van der Waals surface area contributed by atoms with E-state index in [1.807, 2.05) is 18.2 Å². The van der Waals surface area contributed by atoms with Gasteiger partial charge in [-0.05, 0) is 24.4 Å². The standard InChI is InChI=1S/C14H19NO4S/c16-14(17)13(12-4-2-1-3-5-12)9-15-8-11-6-7-20(18,19)10-11/h1-5,11,13,15H,6-10H2,(H,16,17). The fraction of sp³-hybridized carbons (Fsp3) is 0.500. The highest BCUT2D eigenvalue weighted by Crippen LogP contribution is 2.18. The summed E-state index contributed by atoms with van der Waals surface area (Å²) in [5.74, 6) is -0.911. The molecule has 1 heterocycles. The fourth-order valence-corrected chi connectivity index (χ4v) is 4.36. The molecule has 0 amide bonds. The van der Waals surface area contributed by atoms with Gasteiger partial charge in [-0.3, -0.25) is 4.79 Å². The highest BCUT2D eigenvalue weighted by molar-refractivity contribution is 7.91. The second-order valence-corrected chi connectivity index (χ2v) is 7.46. The van der Waals surface area contributed by atoms with Crippen molar-refractivity contribution >= 4 is 15.8 Å². The molecule has 0 aliphatic carbocycles. The Morgan fingerprint density at radius 1 is 1.35 bits per heavy atom. The molecule has 110 valence electrons. The van der Waals surface area contributed by atoms with Gasteiger partial charge in [-0.25, -0.2) is 8.42 Å². The Kier molecular flexibility index (Phi) is 4.77.